The van der Waals surface area contributed by atoms with E-state index in [-0.39, 0.29) is 35.5 Å². The summed E-state index contributed by atoms with van der Waals surface area (Å²) in [5, 5.41) is 11.6. The van der Waals surface area contributed by atoms with Crippen molar-refractivity contribution < 1.29 is 14.5 Å². The fourth-order valence-electron chi connectivity index (χ4n) is 3.98. The van der Waals surface area contributed by atoms with E-state index in [0.29, 0.717) is 17.5 Å². The highest BCUT2D eigenvalue weighted by Crippen LogP contribution is 2.37. The first-order chi connectivity index (χ1) is 11.8. The van der Waals surface area contributed by atoms with E-state index in [1.165, 1.54) is 6.07 Å². The molecule has 1 aromatic carbocycles. The summed E-state index contributed by atoms with van der Waals surface area (Å²) >= 11 is 0. The highest BCUT2D eigenvalue weighted by atomic mass is 16.6. The van der Waals surface area contributed by atoms with Crippen molar-refractivity contribution in [1.29, 1.82) is 0 Å². The Morgan fingerprint density at radius 2 is 1.76 bits per heavy atom. The van der Waals surface area contributed by atoms with Crippen LogP contribution in [0.3, 0.4) is 0 Å². The minimum absolute atomic E-state index is 0.0565. The number of hydrogen-bond donors (Lipinski definition) is 0. The van der Waals surface area contributed by atoms with Crippen LogP contribution in [-0.2, 0) is 9.59 Å². The molecule has 2 fully saturated rings. The normalized spacial score (nSPS) is 27.1. The number of carbonyl (C=O) groups excluding carboxylic acids is 2. The molecule has 1 aromatic rings. The molecule has 134 valence electrons. The van der Waals surface area contributed by atoms with Crippen molar-refractivity contribution in [3.63, 3.8) is 0 Å². The van der Waals surface area contributed by atoms with Gasteiger partial charge in [0.1, 0.15) is 5.69 Å². The molecule has 0 spiro atoms. The third kappa shape index (κ3) is 3.23. The fraction of sp³-hybridized carbons (Fsp3) is 0.556. The first-order valence-electron chi connectivity index (χ1n) is 8.68. The molecule has 0 saturated carbocycles. The van der Waals surface area contributed by atoms with Gasteiger partial charge in [0, 0.05) is 31.5 Å². The lowest BCUT2D eigenvalue weighted by Gasteiger charge is -2.36. The Morgan fingerprint density at radius 3 is 2.28 bits per heavy atom. The molecule has 0 aromatic heterocycles. The number of anilines is 2. The first kappa shape index (κ1) is 17.4. The van der Waals surface area contributed by atoms with Crippen molar-refractivity contribution in [3.05, 3.63) is 28.3 Å². The van der Waals surface area contributed by atoms with Gasteiger partial charge in [0.25, 0.3) is 5.69 Å². The molecular weight excluding hydrogens is 322 g/mol. The van der Waals surface area contributed by atoms with Gasteiger partial charge in [0.15, 0.2) is 0 Å². The summed E-state index contributed by atoms with van der Waals surface area (Å²) in [5.74, 6) is -0.0571. The van der Waals surface area contributed by atoms with Crippen LogP contribution >= 0.6 is 0 Å². The average molecular weight is 345 g/mol. The fourth-order valence-corrected chi connectivity index (χ4v) is 3.98. The van der Waals surface area contributed by atoms with Gasteiger partial charge in [0.2, 0.25) is 11.8 Å². The van der Waals surface area contributed by atoms with E-state index in [9.17, 15) is 19.7 Å². The smallest absolute Gasteiger partial charge is 0.294 e. The lowest BCUT2D eigenvalue weighted by atomic mass is 9.91. The Kier molecular flexibility index (Phi) is 4.49. The molecule has 0 radical (unpaired) electrons. The van der Waals surface area contributed by atoms with Gasteiger partial charge in [-0.15, -0.1) is 0 Å². The molecule has 0 aliphatic carbocycles. The van der Waals surface area contributed by atoms with E-state index in [4.69, 9.17) is 0 Å². The summed E-state index contributed by atoms with van der Waals surface area (Å²) < 4.78 is 0. The van der Waals surface area contributed by atoms with Crippen molar-refractivity contribution in [2.75, 3.05) is 22.9 Å². The zero-order chi connectivity index (χ0) is 18.3. The number of nitro groups is 1. The molecule has 0 N–H and O–H groups in total. The third-order valence-electron chi connectivity index (χ3n) is 5.00. The summed E-state index contributed by atoms with van der Waals surface area (Å²) in [6.07, 6.45) is 1.26. The second kappa shape index (κ2) is 6.46. The van der Waals surface area contributed by atoms with Crippen LogP contribution in [0.15, 0.2) is 18.2 Å². The third-order valence-corrected chi connectivity index (χ3v) is 5.00. The van der Waals surface area contributed by atoms with Crippen LogP contribution in [0.5, 0.6) is 0 Å². The van der Waals surface area contributed by atoms with Crippen LogP contribution in [0.25, 0.3) is 0 Å². The van der Waals surface area contributed by atoms with Crippen LogP contribution < -0.4 is 9.80 Å². The molecule has 2 aliphatic rings. The maximum Gasteiger partial charge on any atom is 0.294 e. The number of nitrogens with zero attached hydrogens (tertiary/aromatic N) is 3. The Hall–Kier alpha value is -2.44. The van der Waals surface area contributed by atoms with Crippen molar-refractivity contribution in [2.24, 2.45) is 17.8 Å². The number of nitro benzene ring substituents is 1. The van der Waals surface area contributed by atoms with Gasteiger partial charge < -0.3 is 4.90 Å². The van der Waals surface area contributed by atoms with Crippen LogP contribution in [-0.4, -0.2) is 29.8 Å². The summed E-state index contributed by atoms with van der Waals surface area (Å²) in [4.78, 5) is 38.6. The van der Waals surface area contributed by atoms with Crippen molar-refractivity contribution in [3.8, 4) is 0 Å². The van der Waals surface area contributed by atoms with Crippen LogP contribution in [0.4, 0.5) is 17.1 Å². The van der Waals surface area contributed by atoms with Gasteiger partial charge in [-0.25, -0.2) is 0 Å². The molecule has 3 atom stereocenters. The average Bonchev–Trinajstić information content (AvgIpc) is 2.78. The Morgan fingerprint density at radius 1 is 1.12 bits per heavy atom. The molecule has 25 heavy (non-hydrogen) atoms. The van der Waals surface area contributed by atoms with Gasteiger partial charge in [-0.05, 0) is 30.4 Å². The SMILES string of the molecule is C[C@@H]1C[C@H](C)CN(c2ccc(N3C(=O)C[C@@H](C)C3=O)cc2[N+](=O)[O-])C1. The molecule has 0 bridgehead atoms. The van der Waals surface area contributed by atoms with E-state index in [1.807, 2.05) is 4.90 Å². The molecule has 3 rings (SSSR count). The number of rotatable bonds is 3. The lowest BCUT2D eigenvalue weighted by molar-refractivity contribution is -0.384. The maximum atomic E-state index is 12.2. The quantitative estimate of drug-likeness (QED) is 0.478. The Bertz CT molecular complexity index is 723. The summed E-state index contributed by atoms with van der Waals surface area (Å²) in [6.45, 7) is 7.52. The van der Waals surface area contributed by atoms with Crippen molar-refractivity contribution in [2.45, 2.75) is 33.6 Å². The predicted octanol–water partition coefficient (Wildman–Crippen LogP) is 2.98. The van der Waals surface area contributed by atoms with E-state index in [2.05, 4.69) is 13.8 Å². The van der Waals surface area contributed by atoms with Crippen LogP contribution in [0.2, 0.25) is 0 Å². The zero-order valence-electron chi connectivity index (χ0n) is 14.8. The second-order valence-corrected chi connectivity index (χ2v) is 7.45. The zero-order valence-corrected chi connectivity index (χ0v) is 14.8. The summed E-state index contributed by atoms with van der Waals surface area (Å²) in [7, 11) is 0. The number of benzene rings is 1. The molecule has 2 aliphatic heterocycles. The van der Waals surface area contributed by atoms with E-state index < -0.39 is 4.92 Å². The first-order valence-corrected chi connectivity index (χ1v) is 8.68. The molecule has 0 unspecified atom stereocenters. The molecule has 7 nitrogen and oxygen atoms in total. The second-order valence-electron chi connectivity index (χ2n) is 7.45. The highest BCUT2D eigenvalue weighted by molar-refractivity contribution is 6.21. The summed E-state index contributed by atoms with van der Waals surface area (Å²) in [5.41, 5.74) is 0.783. The molecule has 7 heteroatoms. The molecule has 2 heterocycles. The van der Waals surface area contributed by atoms with Crippen molar-refractivity contribution >= 4 is 28.9 Å². The number of amides is 2. The van der Waals surface area contributed by atoms with Crippen LogP contribution in [0.1, 0.15) is 33.6 Å². The number of hydrogen-bond acceptors (Lipinski definition) is 5. The largest absolute Gasteiger partial charge is 0.365 e. The van der Waals surface area contributed by atoms with Gasteiger partial charge in [-0.3, -0.25) is 24.6 Å². The Labute approximate surface area is 146 Å². The molecule has 2 amide bonds. The standard InChI is InChI=1S/C18H23N3O4/c1-11-6-12(2)10-19(9-11)15-5-4-14(8-16(15)21(24)25)20-17(22)7-13(3)18(20)23/h4-5,8,11-13H,6-7,9-10H2,1-3H3/t11-,12+,13-/m1/s1. The maximum absolute atomic E-state index is 12.2. The van der Waals surface area contributed by atoms with E-state index in [1.54, 1.807) is 19.1 Å². The summed E-state index contributed by atoms with van der Waals surface area (Å²) in [6, 6.07) is 4.66. The number of imide groups is 1. The number of carbonyl (C=O) groups is 2. The minimum atomic E-state index is -0.433. The van der Waals surface area contributed by atoms with Gasteiger partial charge in [-0.1, -0.05) is 20.8 Å². The van der Waals surface area contributed by atoms with Crippen LogP contribution in [0, 0.1) is 27.9 Å². The van der Waals surface area contributed by atoms with E-state index >= 15 is 0 Å². The number of piperidine rings is 1. The molecular formula is C18H23N3O4. The van der Waals surface area contributed by atoms with Gasteiger partial charge in [0.05, 0.1) is 10.6 Å². The van der Waals surface area contributed by atoms with Gasteiger partial charge in [-0.2, -0.15) is 0 Å². The Balaban J connectivity index is 1.98. The van der Waals surface area contributed by atoms with E-state index in [0.717, 1.165) is 24.4 Å². The van der Waals surface area contributed by atoms with Gasteiger partial charge >= 0.3 is 0 Å². The minimum Gasteiger partial charge on any atom is -0.365 e. The molecule has 2 saturated heterocycles. The lowest BCUT2D eigenvalue weighted by Crippen LogP contribution is -2.39. The topological polar surface area (TPSA) is 83.8 Å². The predicted molar refractivity (Wildman–Crippen MR) is 94.5 cm³/mol. The highest BCUT2D eigenvalue weighted by Gasteiger charge is 2.38. The van der Waals surface area contributed by atoms with Crippen molar-refractivity contribution in [1.82, 2.24) is 0 Å². The monoisotopic (exact) mass is 345 g/mol.